The quantitative estimate of drug-likeness (QED) is 0.517. The van der Waals surface area contributed by atoms with Crippen molar-refractivity contribution in [2.45, 2.75) is 13.5 Å². The Labute approximate surface area is 168 Å². The molecule has 138 valence electrons. The Morgan fingerprint density at radius 3 is 2.57 bits per heavy atom. The number of aldehydes is 1. The summed E-state index contributed by atoms with van der Waals surface area (Å²) in [5.74, 6) is -0.0384. The van der Waals surface area contributed by atoms with Crippen molar-refractivity contribution in [1.82, 2.24) is 0 Å². The number of carbonyl (C=O) groups excluding carboxylic acids is 2. The van der Waals surface area contributed by atoms with Crippen LogP contribution in [0.3, 0.4) is 0 Å². The second-order valence-corrected chi connectivity index (χ2v) is 7.20. The Morgan fingerprint density at radius 1 is 1.00 bits per heavy atom. The van der Waals surface area contributed by atoms with E-state index in [2.05, 4.69) is 6.07 Å². The zero-order valence-electron chi connectivity index (χ0n) is 15.4. The topological polar surface area (TPSA) is 37.4 Å². The minimum Gasteiger partial charge on any atom is -0.308 e. The number of halogens is 1. The van der Waals surface area contributed by atoms with Crippen molar-refractivity contribution in [3.8, 4) is 11.1 Å². The van der Waals surface area contributed by atoms with Crippen LogP contribution in [0.15, 0.2) is 60.7 Å². The minimum atomic E-state index is -0.0384. The average molecular weight is 388 g/mol. The van der Waals surface area contributed by atoms with Crippen LogP contribution in [0.4, 0.5) is 5.69 Å². The van der Waals surface area contributed by atoms with E-state index in [1.54, 1.807) is 24.0 Å². The van der Waals surface area contributed by atoms with Crippen molar-refractivity contribution in [3.63, 3.8) is 0 Å². The van der Waals surface area contributed by atoms with Crippen LogP contribution in [0.25, 0.3) is 23.3 Å². The van der Waals surface area contributed by atoms with E-state index in [-0.39, 0.29) is 5.91 Å². The standard InChI is InChI=1S/C24H18ClNO2/c1-16(28)26-14-21-12-18(23-5-3-2-4-20(23)15-27)8-6-17(21)7-9-19-13-22(25)10-11-24(19)26/h2-13,15H,14H2,1H3/b9-7-. The number of hydrogen-bond acceptors (Lipinski definition) is 2. The highest BCUT2D eigenvalue weighted by atomic mass is 35.5. The van der Waals surface area contributed by atoms with Gasteiger partial charge in [-0.05, 0) is 52.1 Å². The highest BCUT2D eigenvalue weighted by molar-refractivity contribution is 6.30. The lowest BCUT2D eigenvalue weighted by molar-refractivity contribution is -0.116. The number of rotatable bonds is 2. The Bertz CT molecular complexity index is 1120. The van der Waals surface area contributed by atoms with E-state index in [0.29, 0.717) is 17.1 Å². The molecule has 0 saturated carbocycles. The fourth-order valence-corrected chi connectivity index (χ4v) is 3.74. The minimum absolute atomic E-state index is 0.0384. The predicted octanol–water partition coefficient (Wildman–Crippen LogP) is 5.86. The van der Waals surface area contributed by atoms with Gasteiger partial charge in [0.25, 0.3) is 0 Å². The van der Waals surface area contributed by atoms with Crippen LogP contribution in [0.5, 0.6) is 0 Å². The molecule has 3 aromatic rings. The summed E-state index contributed by atoms with van der Waals surface area (Å²) in [6, 6.07) is 19.1. The molecule has 3 nitrogen and oxygen atoms in total. The smallest absolute Gasteiger partial charge is 0.224 e. The summed E-state index contributed by atoms with van der Waals surface area (Å²) in [5, 5.41) is 0.633. The highest BCUT2D eigenvalue weighted by Crippen LogP contribution is 2.33. The number of amides is 1. The molecule has 0 radical (unpaired) electrons. The van der Waals surface area contributed by atoms with E-state index in [9.17, 15) is 9.59 Å². The van der Waals surface area contributed by atoms with E-state index in [1.807, 2.05) is 54.6 Å². The van der Waals surface area contributed by atoms with E-state index in [0.717, 1.165) is 39.8 Å². The number of carbonyl (C=O) groups is 2. The van der Waals surface area contributed by atoms with Gasteiger partial charge in [0.05, 0.1) is 12.2 Å². The first-order valence-corrected chi connectivity index (χ1v) is 9.38. The molecule has 1 aliphatic heterocycles. The molecule has 4 rings (SSSR count). The highest BCUT2D eigenvalue weighted by Gasteiger charge is 2.19. The second kappa shape index (κ2) is 7.45. The van der Waals surface area contributed by atoms with E-state index < -0.39 is 0 Å². The molecule has 0 N–H and O–H groups in total. The molecule has 1 heterocycles. The van der Waals surface area contributed by atoms with Crippen molar-refractivity contribution in [3.05, 3.63) is 87.9 Å². The summed E-state index contributed by atoms with van der Waals surface area (Å²) in [5.41, 5.74) is 6.27. The van der Waals surface area contributed by atoms with Crippen molar-refractivity contribution in [2.75, 3.05) is 4.90 Å². The van der Waals surface area contributed by atoms with Gasteiger partial charge < -0.3 is 4.90 Å². The van der Waals surface area contributed by atoms with Crippen LogP contribution in [0.2, 0.25) is 5.02 Å². The van der Waals surface area contributed by atoms with Crippen LogP contribution in [0.1, 0.15) is 34.0 Å². The Kier molecular flexibility index (Phi) is 4.84. The van der Waals surface area contributed by atoms with Crippen LogP contribution in [-0.2, 0) is 11.3 Å². The zero-order chi connectivity index (χ0) is 19.7. The lowest BCUT2D eigenvalue weighted by Gasteiger charge is -2.26. The SMILES string of the molecule is CC(=O)N1Cc2cc(-c3ccccc3C=O)ccc2/C=C\c2cc(Cl)ccc21. The molecule has 0 fully saturated rings. The summed E-state index contributed by atoms with van der Waals surface area (Å²) in [6.45, 7) is 2.01. The second-order valence-electron chi connectivity index (χ2n) is 6.76. The van der Waals surface area contributed by atoms with Gasteiger partial charge in [-0.15, -0.1) is 0 Å². The maximum Gasteiger partial charge on any atom is 0.224 e. The Hall–Kier alpha value is -3.17. The van der Waals surface area contributed by atoms with Gasteiger partial charge in [0, 0.05) is 17.5 Å². The van der Waals surface area contributed by atoms with Crippen LogP contribution >= 0.6 is 11.6 Å². The van der Waals surface area contributed by atoms with Gasteiger partial charge in [-0.1, -0.05) is 60.2 Å². The third-order valence-corrected chi connectivity index (χ3v) is 5.21. The number of fused-ring (bicyclic) bond motifs is 2. The molecule has 0 atom stereocenters. The molecule has 28 heavy (non-hydrogen) atoms. The van der Waals surface area contributed by atoms with Crippen LogP contribution in [-0.4, -0.2) is 12.2 Å². The van der Waals surface area contributed by atoms with Crippen LogP contribution in [0, 0.1) is 0 Å². The molecule has 4 heteroatoms. The molecule has 0 aromatic heterocycles. The lowest BCUT2D eigenvalue weighted by atomic mass is 9.94. The first kappa shape index (κ1) is 18.2. The third-order valence-electron chi connectivity index (χ3n) is 4.97. The fraction of sp³-hybridized carbons (Fsp3) is 0.0833. The Balaban J connectivity index is 1.86. The lowest BCUT2D eigenvalue weighted by Crippen LogP contribution is -2.29. The van der Waals surface area contributed by atoms with Gasteiger partial charge in [-0.25, -0.2) is 0 Å². The average Bonchev–Trinajstić information content (AvgIpc) is 2.69. The molecule has 0 spiro atoms. The molecule has 0 bridgehead atoms. The molecule has 1 aliphatic rings. The molecular formula is C24H18ClNO2. The van der Waals surface area contributed by atoms with Gasteiger partial charge in [0.1, 0.15) is 0 Å². The summed E-state index contributed by atoms with van der Waals surface area (Å²) in [7, 11) is 0. The van der Waals surface area contributed by atoms with Crippen LogP contribution < -0.4 is 4.90 Å². The van der Waals surface area contributed by atoms with E-state index in [4.69, 9.17) is 11.6 Å². The summed E-state index contributed by atoms with van der Waals surface area (Å²) >= 11 is 6.15. The van der Waals surface area contributed by atoms with E-state index >= 15 is 0 Å². The maximum atomic E-state index is 12.4. The zero-order valence-corrected chi connectivity index (χ0v) is 16.1. The monoisotopic (exact) mass is 387 g/mol. The van der Waals surface area contributed by atoms with Gasteiger partial charge in [0.15, 0.2) is 6.29 Å². The summed E-state index contributed by atoms with van der Waals surface area (Å²) < 4.78 is 0. The number of hydrogen-bond donors (Lipinski definition) is 0. The van der Waals surface area contributed by atoms with Crippen molar-refractivity contribution < 1.29 is 9.59 Å². The largest absolute Gasteiger partial charge is 0.308 e. The predicted molar refractivity (Wildman–Crippen MR) is 115 cm³/mol. The van der Waals surface area contributed by atoms with Crippen molar-refractivity contribution >= 4 is 41.6 Å². The van der Waals surface area contributed by atoms with Crippen molar-refractivity contribution in [2.24, 2.45) is 0 Å². The van der Waals surface area contributed by atoms with Gasteiger partial charge >= 0.3 is 0 Å². The van der Waals surface area contributed by atoms with Gasteiger partial charge in [0.2, 0.25) is 5.91 Å². The van der Waals surface area contributed by atoms with Gasteiger partial charge in [-0.3, -0.25) is 9.59 Å². The molecule has 0 aliphatic carbocycles. The molecule has 3 aromatic carbocycles. The van der Waals surface area contributed by atoms with E-state index in [1.165, 1.54) is 0 Å². The van der Waals surface area contributed by atoms with Crippen molar-refractivity contribution in [1.29, 1.82) is 0 Å². The Morgan fingerprint density at radius 2 is 1.79 bits per heavy atom. The fourth-order valence-electron chi connectivity index (χ4n) is 3.56. The molecular weight excluding hydrogens is 370 g/mol. The maximum absolute atomic E-state index is 12.4. The number of nitrogens with zero attached hydrogens (tertiary/aromatic N) is 1. The first-order valence-electron chi connectivity index (χ1n) is 9.00. The first-order chi connectivity index (χ1) is 13.6. The number of benzene rings is 3. The third kappa shape index (κ3) is 3.37. The molecule has 0 saturated heterocycles. The normalized spacial score (nSPS) is 13.7. The summed E-state index contributed by atoms with van der Waals surface area (Å²) in [4.78, 5) is 25.6. The molecule has 1 amide bonds. The molecule has 0 unspecified atom stereocenters. The van der Waals surface area contributed by atoms with Gasteiger partial charge in [-0.2, -0.15) is 0 Å². The summed E-state index contributed by atoms with van der Waals surface area (Å²) in [6.07, 6.45) is 4.89. The number of anilines is 1.